The Morgan fingerprint density at radius 2 is 1.95 bits per heavy atom. The topological polar surface area (TPSA) is 44.5 Å². The Balaban J connectivity index is 1.72. The largest absolute Gasteiger partial charge is 0.347 e. The average Bonchev–Trinajstić information content (AvgIpc) is 2.87. The first-order valence-electron chi connectivity index (χ1n) is 7.35. The molecule has 0 amide bonds. The van der Waals surface area contributed by atoms with Gasteiger partial charge in [0.2, 0.25) is 0 Å². The fourth-order valence-electron chi connectivity index (χ4n) is 2.98. The van der Waals surface area contributed by atoms with Crippen LogP contribution in [0.4, 0.5) is 0 Å². The summed E-state index contributed by atoms with van der Waals surface area (Å²) in [5, 5.41) is 0.365. The first kappa shape index (κ1) is 14.4. The van der Waals surface area contributed by atoms with Crippen molar-refractivity contribution >= 4 is 11.8 Å². The summed E-state index contributed by atoms with van der Waals surface area (Å²) in [5.41, 5.74) is 8.98. The zero-order valence-electron chi connectivity index (χ0n) is 12.2. The lowest BCUT2D eigenvalue weighted by Gasteiger charge is -2.39. The van der Waals surface area contributed by atoms with Crippen LogP contribution in [0.2, 0.25) is 0 Å². The van der Waals surface area contributed by atoms with Crippen molar-refractivity contribution in [1.82, 2.24) is 0 Å². The highest BCUT2D eigenvalue weighted by molar-refractivity contribution is 8.00. The zero-order valence-corrected chi connectivity index (χ0v) is 13.0. The number of rotatable bonds is 2. The summed E-state index contributed by atoms with van der Waals surface area (Å²) in [5.74, 6) is -0.354. The molecular weight excluding hydrogens is 270 g/mol. The molecule has 1 aliphatic carbocycles. The summed E-state index contributed by atoms with van der Waals surface area (Å²) in [4.78, 5) is 1.29. The molecule has 1 saturated heterocycles. The third-order valence-corrected chi connectivity index (χ3v) is 5.77. The second kappa shape index (κ2) is 5.68. The molecular formula is C16H23NO2S. The summed E-state index contributed by atoms with van der Waals surface area (Å²) in [6, 6.07) is 6.85. The minimum Gasteiger partial charge on any atom is -0.347 e. The van der Waals surface area contributed by atoms with Gasteiger partial charge in [-0.1, -0.05) is 6.07 Å². The first-order valence-corrected chi connectivity index (χ1v) is 8.23. The molecule has 1 aromatic rings. The van der Waals surface area contributed by atoms with E-state index in [2.05, 4.69) is 32.0 Å². The van der Waals surface area contributed by atoms with E-state index in [1.165, 1.54) is 16.0 Å². The number of hydrogen-bond acceptors (Lipinski definition) is 4. The third kappa shape index (κ3) is 2.89. The molecule has 2 aliphatic rings. The summed E-state index contributed by atoms with van der Waals surface area (Å²) < 4.78 is 11.7. The van der Waals surface area contributed by atoms with Crippen molar-refractivity contribution in [1.29, 1.82) is 0 Å². The predicted molar refractivity (Wildman–Crippen MR) is 82.0 cm³/mol. The van der Waals surface area contributed by atoms with Gasteiger partial charge in [0.1, 0.15) is 0 Å². The van der Waals surface area contributed by atoms with Crippen molar-refractivity contribution < 1.29 is 9.47 Å². The van der Waals surface area contributed by atoms with Gasteiger partial charge < -0.3 is 15.2 Å². The Kier molecular flexibility index (Phi) is 4.09. The molecule has 2 N–H and O–H groups in total. The van der Waals surface area contributed by atoms with Crippen LogP contribution in [0, 0.1) is 13.8 Å². The van der Waals surface area contributed by atoms with E-state index in [4.69, 9.17) is 15.2 Å². The lowest BCUT2D eigenvalue weighted by atomic mass is 9.90. The Bertz CT molecular complexity index is 485. The van der Waals surface area contributed by atoms with E-state index in [-0.39, 0.29) is 11.8 Å². The average molecular weight is 293 g/mol. The molecule has 2 fully saturated rings. The summed E-state index contributed by atoms with van der Waals surface area (Å²) in [6.07, 6.45) is 2.80. The van der Waals surface area contributed by atoms with Crippen LogP contribution in [0.1, 0.15) is 30.4 Å². The molecule has 4 heteroatoms. The highest BCUT2D eigenvalue weighted by Crippen LogP contribution is 2.42. The number of hydrogen-bond donors (Lipinski definition) is 1. The van der Waals surface area contributed by atoms with Crippen LogP contribution < -0.4 is 5.73 Å². The number of ether oxygens (including phenoxy) is 2. The highest BCUT2D eigenvalue weighted by Gasteiger charge is 2.44. The molecule has 3 rings (SSSR count). The van der Waals surface area contributed by atoms with Crippen molar-refractivity contribution in [2.45, 2.75) is 55.1 Å². The Hall–Kier alpha value is -0.550. The summed E-state index contributed by atoms with van der Waals surface area (Å²) in [6.45, 7) is 5.74. The van der Waals surface area contributed by atoms with E-state index >= 15 is 0 Å². The van der Waals surface area contributed by atoms with E-state index in [0.717, 1.165) is 32.5 Å². The number of benzene rings is 1. The van der Waals surface area contributed by atoms with Gasteiger partial charge >= 0.3 is 0 Å². The van der Waals surface area contributed by atoms with E-state index in [0.29, 0.717) is 5.25 Å². The van der Waals surface area contributed by atoms with Crippen LogP contribution in [0.5, 0.6) is 0 Å². The van der Waals surface area contributed by atoms with E-state index in [1.807, 2.05) is 11.8 Å². The minimum atomic E-state index is -0.354. The maximum absolute atomic E-state index is 6.31. The van der Waals surface area contributed by atoms with Crippen LogP contribution in [-0.4, -0.2) is 30.3 Å². The van der Waals surface area contributed by atoms with Crippen LogP contribution in [0.15, 0.2) is 23.1 Å². The fraction of sp³-hybridized carbons (Fsp3) is 0.625. The molecule has 3 nitrogen and oxygen atoms in total. The second-order valence-electron chi connectivity index (χ2n) is 5.92. The van der Waals surface area contributed by atoms with E-state index in [1.54, 1.807) is 0 Å². The van der Waals surface area contributed by atoms with Crippen molar-refractivity contribution in [3.05, 3.63) is 29.3 Å². The van der Waals surface area contributed by atoms with Crippen molar-refractivity contribution in [3.8, 4) is 0 Å². The molecule has 0 bridgehead atoms. The molecule has 1 aromatic carbocycles. The van der Waals surface area contributed by atoms with Crippen LogP contribution in [0.25, 0.3) is 0 Å². The van der Waals surface area contributed by atoms with Crippen molar-refractivity contribution in [2.24, 2.45) is 5.73 Å². The van der Waals surface area contributed by atoms with Gasteiger partial charge in [-0.15, -0.1) is 11.8 Å². The normalized spacial score (nSPS) is 28.9. The Morgan fingerprint density at radius 1 is 1.20 bits per heavy atom. The number of thioether (sulfide) groups is 1. The van der Waals surface area contributed by atoms with Gasteiger partial charge in [0.05, 0.1) is 13.2 Å². The minimum absolute atomic E-state index is 0.222. The molecule has 1 spiro atoms. The molecule has 1 saturated carbocycles. The molecule has 1 aliphatic heterocycles. The van der Waals surface area contributed by atoms with Gasteiger partial charge in [-0.3, -0.25) is 0 Å². The smallest absolute Gasteiger partial charge is 0.169 e. The van der Waals surface area contributed by atoms with Crippen LogP contribution >= 0.6 is 11.8 Å². The zero-order chi connectivity index (χ0) is 14.2. The summed E-state index contributed by atoms with van der Waals surface area (Å²) >= 11 is 1.87. The monoisotopic (exact) mass is 293 g/mol. The van der Waals surface area contributed by atoms with Gasteiger partial charge in [0.15, 0.2) is 5.79 Å². The van der Waals surface area contributed by atoms with Crippen LogP contribution in [-0.2, 0) is 9.47 Å². The highest BCUT2D eigenvalue weighted by atomic mass is 32.2. The molecule has 20 heavy (non-hydrogen) atoms. The molecule has 1 heterocycles. The standard InChI is InChI=1S/C16H23NO2S/c1-11-3-4-13(9-12(11)2)20-15-10-16(6-5-14(15)17)18-7-8-19-16/h3-4,9,14-15H,5-8,10,17H2,1-2H3. The molecule has 2 unspecified atom stereocenters. The Morgan fingerprint density at radius 3 is 2.65 bits per heavy atom. The number of nitrogens with two attached hydrogens (primary N) is 1. The molecule has 110 valence electrons. The fourth-order valence-corrected chi connectivity index (χ4v) is 4.37. The Labute approximate surface area is 125 Å². The third-order valence-electron chi connectivity index (χ3n) is 4.43. The SMILES string of the molecule is Cc1ccc(SC2CC3(CCC2N)OCCO3)cc1C. The van der Waals surface area contributed by atoms with Gasteiger partial charge in [-0.05, 0) is 43.5 Å². The van der Waals surface area contributed by atoms with E-state index < -0.39 is 0 Å². The molecule has 2 atom stereocenters. The lowest BCUT2D eigenvalue weighted by Crippen LogP contribution is -2.47. The van der Waals surface area contributed by atoms with Gasteiger partial charge in [0.25, 0.3) is 0 Å². The second-order valence-corrected chi connectivity index (χ2v) is 7.23. The quantitative estimate of drug-likeness (QED) is 0.910. The van der Waals surface area contributed by atoms with E-state index in [9.17, 15) is 0 Å². The van der Waals surface area contributed by atoms with Gasteiger partial charge in [-0.2, -0.15) is 0 Å². The van der Waals surface area contributed by atoms with Crippen LogP contribution in [0.3, 0.4) is 0 Å². The summed E-state index contributed by atoms with van der Waals surface area (Å²) in [7, 11) is 0. The maximum atomic E-state index is 6.31. The predicted octanol–water partition coefficient (Wildman–Crippen LogP) is 3.02. The van der Waals surface area contributed by atoms with Crippen molar-refractivity contribution in [3.63, 3.8) is 0 Å². The van der Waals surface area contributed by atoms with Gasteiger partial charge in [0, 0.05) is 29.0 Å². The number of aryl methyl sites for hydroxylation is 2. The van der Waals surface area contributed by atoms with Gasteiger partial charge in [-0.25, -0.2) is 0 Å². The maximum Gasteiger partial charge on any atom is 0.169 e. The lowest BCUT2D eigenvalue weighted by molar-refractivity contribution is -0.176. The van der Waals surface area contributed by atoms with Crippen molar-refractivity contribution in [2.75, 3.05) is 13.2 Å². The molecule has 0 aromatic heterocycles. The first-order chi connectivity index (χ1) is 9.58. The molecule has 0 radical (unpaired) electrons.